The number of aliphatic carboxylic acids is 1. The zero-order chi connectivity index (χ0) is 34.4. The van der Waals surface area contributed by atoms with Crippen molar-refractivity contribution < 1.29 is 29.6 Å². The topological polar surface area (TPSA) is 152 Å². The second-order valence-corrected chi connectivity index (χ2v) is 12.5. The number of carboxylic acids is 1. The van der Waals surface area contributed by atoms with E-state index in [2.05, 4.69) is 10.3 Å². The Balaban J connectivity index is 0.944. The number of pyridine rings is 1. The van der Waals surface area contributed by atoms with Crippen LogP contribution in [0.1, 0.15) is 46.8 Å². The van der Waals surface area contributed by atoms with Crippen LogP contribution >= 0.6 is 0 Å². The fourth-order valence-corrected chi connectivity index (χ4v) is 6.44. The average Bonchev–Trinajstić information content (AvgIpc) is 3.12. The van der Waals surface area contributed by atoms with Crippen LogP contribution in [-0.2, 0) is 34.6 Å². The smallest absolute Gasteiger partial charge is 0.314 e. The first kappa shape index (κ1) is 33.5. The Morgan fingerprint density at radius 3 is 2.22 bits per heavy atom. The Labute approximate surface area is 283 Å². The molecule has 1 amide bonds. The molecule has 252 valence electrons. The molecule has 4 aromatic carbocycles. The molecular weight excluding hydrogens is 622 g/mol. The number of H-pyrrole nitrogens is 1. The number of carbonyl (C=O) groups is 2. The highest BCUT2D eigenvalue weighted by Gasteiger charge is 2.43. The number of carbonyl (C=O) groups excluding carboxylic acids is 1. The molecule has 2 heterocycles. The Kier molecular flexibility index (Phi) is 10.1. The summed E-state index contributed by atoms with van der Waals surface area (Å²) in [6.07, 6.45) is 0.170. The maximum absolute atomic E-state index is 13.1. The highest BCUT2D eigenvalue weighted by atomic mass is 16.5. The number of aliphatic hydroxyl groups excluding tert-OH is 1. The monoisotopic (exact) mass is 661 g/mol. The summed E-state index contributed by atoms with van der Waals surface area (Å²) in [5, 5.41) is 34.7. The summed E-state index contributed by atoms with van der Waals surface area (Å²) in [6, 6.07) is 30.8. The number of phenols is 1. The van der Waals surface area contributed by atoms with Gasteiger partial charge < -0.3 is 35.3 Å². The predicted molar refractivity (Wildman–Crippen MR) is 185 cm³/mol. The number of rotatable bonds is 12. The molecule has 1 fully saturated rings. The van der Waals surface area contributed by atoms with Crippen molar-refractivity contribution in [1.29, 1.82) is 0 Å². The summed E-state index contributed by atoms with van der Waals surface area (Å²) in [5.41, 5.74) is 3.30. The lowest BCUT2D eigenvalue weighted by molar-refractivity contribution is -0.148. The van der Waals surface area contributed by atoms with E-state index in [0.717, 1.165) is 22.3 Å². The summed E-state index contributed by atoms with van der Waals surface area (Å²) in [4.78, 5) is 41.3. The third-order valence-corrected chi connectivity index (χ3v) is 9.35. The number of nitrogens with one attached hydrogen (secondary N) is 2. The molecule has 0 spiro atoms. The van der Waals surface area contributed by atoms with Gasteiger partial charge in [0.2, 0.25) is 11.5 Å². The number of aromatic hydroxyl groups is 1. The zero-order valence-electron chi connectivity index (χ0n) is 27.0. The van der Waals surface area contributed by atoms with Crippen LogP contribution in [-0.4, -0.2) is 56.7 Å². The number of amides is 1. The Morgan fingerprint density at radius 1 is 0.857 bits per heavy atom. The Bertz CT molecular complexity index is 1970. The number of carboxylic acid groups (broad SMARTS) is 1. The van der Waals surface area contributed by atoms with Crippen LogP contribution in [0, 0.1) is 0 Å². The average molecular weight is 662 g/mol. The molecule has 49 heavy (non-hydrogen) atoms. The number of likely N-dealkylation sites (tertiary alicyclic amines) is 1. The van der Waals surface area contributed by atoms with E-state index >= 15 is 0 Å². The molecule has 1 saturated heterocycles. The number of ether oxygens (including phenoxy) is 1. The largest absolute Gasteiger partial charge is 0.506 e. The summed E-state index contributed by atoms with van der Waals surface area (Å²) in [7, 11) is 0. The standard InChI is InChI=1S/C39H39N3O7/c43-33-16-14-31(32-15-17-35(45)41-37(32)33)34(44)24-40-23-27-6-8-28(9-7-27)25-49-30-12-10-26(11-13-30)22-36(46)42-20-18-39(19-21-42,38(47)48)29-4-2-1-3-5-29/h1-17,34,40,43-44H,18-25H2,(H,41,45)(H,47,48)/t34-/m0/s1. The van der Waals surface area contributed by atoms with Crippen molar-refractivity contribution in [3.8, 4) is 11.5 Å². The number of hydrogen-bond acceptors (Lipinski definition) is 7. The number of aliphatic hydroxyl groups is 1. The van der Waals surface area contributed by atoms with Crippen molar-refractivity contribution in [2.75, 3.05) is 19.6 Å². The zero-order valence-corrected chi connectivity index (χ0v) is 27.0. The van der Waals surface area contributed by atoms with E-state index in [1.165, 1.54) is 12.1 Å². The third-order valence-electron chi connectivity index (χ3n) is 9.35. The van der Waals surface area contributed by atoms with Crippen molar-refractivity contribution in [3.63, 3.8) is 0 Å². The third kappa shape index (κ3) is 7.66. The molecule has 5 aromatic rings. The minimum Gasteiger partial charge on any atom is -0.506 e. The van der Waals surface area contributed by atoms with Crippen LogP contribution in [0.15, 0.2) is 108 Å². The first-order chi connectivity index (χ1) is 23.7. The van der Waals surface area contributed by atoms with Gasteiger partial charge in [0.25, 0.3) is 0 Å². The summed E-state index contributed by atoms with van der Waals surface area (Å²) in [5.74, 6) is -0.219. The van der Waals surface area contributed by atoms with E-state index in [-0.39, 0.29) is 30.2 Å². The van der Waals surface area contributed by atoms with Gasteiger partial charge in [0.15, 0.2) is 0 Å². The maximum atomic E-state index is 13.1. The number of fused-ring (bicyclic) bond motifs is 1. The summed E-state index contributed by atoms with van der Waals surface area (Å²) < 4.78 is 5.97. The Hall–Kier alpha value is -5.45. The molecule has 0 bridgehead atoms. The van der Waals surface area contributed by atoms with E-state index in [0.29, 0.717) is 61.3 Å². The van der Waals surface area contributed by atoms with Gasteiger partial charge in [-0.15, -0.1) is 0 Å². The molecule has 1 aromatic heterocycles. The number of hydrogen-bond donors (Lipinski definition) is 5. The van der Waals surface area contributed by atoms with E-state index in [4.69, 9.17) is 4.74 Å². The van der Waals surface area contributed by atoms with Crippen LogP contribution in [0.2, 0.25) is 0 Å². The molecule has 1 aliphatic rings. The van der Waals surface area contributed by atoms with Crippen LogP contribution in [0.4, 0.5) is 0 Å². The minimum atomic E-state index is -0.964. The van der Waals surface area contributed by atoms with Gasteiger partial charge >= 0.3 is 5.97 Å². The maximum Gasteiger partial charge on any atom is 0.314 e. The summed E-state index contributed by atoms with van der Waals surface area (Å²) >= 11 is 0. The quantitative estimate of drug-likeness (QED) is 0.128. The SMILES string of the molecule is O=C(Cc1ccc(OCc2ccc(CNC[C@H](O)c3ccc(O)c4[nH]c(=O)ccc34)cc2)cc1)N1CCC(C(=O)O)(c2ccccc2)CC1. The van der Waals surface area contributed by atoms with E-state index < -0.39 is 17.5 Å². The van der Waals surface area contributed by atoms with Crippen molar-refractivity contribution in [2.24, 2.45) is 0 Å². The molecule has 10 nitrogen and oxygen atoms in total. The number of aromatic amines is 1. The van der Waals surface area contributed by atoms with Crippen molar-refractivity contribution in [3.05, 3.63) is 141 Å². The number of phenolic OH excluding ortho intramolecular Hbond substituents is 1. The number of piperidine rings is 1. The molecule has 1 aliphatic heterocycles. The molecule has 1 atom stereocenters. The highest BCUT2D eigenvalue weighted by Crippen LogP contribution is 2.36. The van der Waals surface area contributed by atoms with Crippen LogP contribution in [0.3, 0.4) is 0 Å². The number of benzene rings is 4. The number of aromatic nitrogens is 1. The first-order valence-electron chi connectivity index (χ1n) is 16.3. The number of nitrogens with zero attached hydrogens (tertiary/aromatic N) is 1. The molecule has 0 unspecified atom stereocenters. The van der Waals surface area contributed by atoms with Crippen molar-refractivity contribution >= 4 is 22.8 Å². The van der Waals surface area contributed by atoms with Crippen LogP contribution in [0.25, 0.3) is 10.9 Å². The minimum absolute atomic E-state index is 0.0174. The van der Waals surface area contributed by atoms with Crippen LogP contribution in [0.5, 0.6) is 11.5 Å². The molecule has 5 N–H and O–H groups in total. The molecule has 10 heteroatoms. The van der Waals surface area contributed by atoms with Gasteiger partial charge in [-0.3, -0.25) is 14.4 Å². The van der Waals surface area contributed by atoms with Gasteiger partial charge in [-0.05, 0) is 64.9 Å². The van der Waals surface area contributed by atoms with Gasteiger partial charge in [0, 0.05) is 37.6 Å². The Morgan fingerprint density at radius 2 is 1.53 bits per heavy atom. The van der Waals surface area contributed by atoms with E-state index in [1.807, 2.05) is 78.9 Å². The van der Waals surface area contributed by atoms with Gasteiger partial charge in [0.05, 0.1) is 23.5 Å². The van der Waals surface area contributed by atoms with Crippen molar-refractivity contribution in [1.82, 2.24) is 15.2 Å². The lowest BCUT2D eigenvalue weighted by Gasteiger charge is -2.39. The lowest BCUT2D eigenvalue weighted by Crippen LogP contribution is -2.49. The van der Waals surface area contributed by atoms with Crippen molar-refractivity contribution in [2.45, 2.75) is 43.9 Å². The van der Waals surface area contributed by atoms with E-state index in [1.54, 1.807) is 17.0 Å². The summed E-state index contributed by atoms with van der Waals surface area (Å²) in [6.45, 7) is 2.00. The van der Waals surface area contributed by atoms with Gasteiger partial charge in [-0.25, -0.2) is 0 Å². The first-order valence-corrected chi connectivity index (χ1v) is 16.3. The van der Waals surface area contributed by atoms with Crippen LogP contribution < -0.4 is 15.6 Å². The van der Waals surface area contributed by atoms with Gasteiger partial charge in [-0.1, -0.05) is 72.8 Å². The molecule has 6 rings (SSSR count). The predicted octanol–water partition coefficient (Wildman–Crippen LogP) is 4.82. The fourth-order valence-electron chi connectivity index (χ4n) is 6.44. The van der Waals surface area contributed by atoms with Gasteiger partial charge in [0.1, 0.15) is 18.1 Å². The second kappa shape index (κ2) is 14.8. The lowest BCUT2D eigenvalue weighted by atomic mass is 9.73. The molecular formula is C39H39N3O7. The second-order valence-electron chi connectivity index (χ2n) is 12.5. The van der Waals surface area contributed by atoms with Gasteiger partial charge in [-0.2, -0.15) is 0 Å². The molecule has 0 radical (unpaired) electrons. The van der Waals surface area contributed by atoms with E-state index in [9.17, 15) is 29.7 Å². The highest BCUT2D eigenvalue weighted by molar-refractivity contribution is 5.87. The normalized spacial score (nSPS) is 14.8. The fraction of sp³-hybridized carbons (Fsp3) is 0.256. The molecule has 0 saturated carbocycles. The molecule has 0 aliphatic carbocycles.